The van der Waals surface area contributed by atoms with Crippen molar-refractivity contribution in [2.24, 2.45) is 5.34 Å². The fourth-order valence-corrected chi connectivity index (χ4v) is 0.250. The molecule has 0 aromatic rings. The van der Waals surface area contributed by atoms with E-state index >= 15 is 0 Å². The van der Waals surface area contributed by atoms with Crippen LogP contribution in [0.2, 0.25) is 0 Å². The van der Waals surface area contributed by atoms with Crippen molar-refractivity contribution in [1.29, 1.82) is 0 Å². The largest absolute Gasteiger partial charge is 0.597 e. The van der Waals surface area contributed by atoms with Gasteiger partial charge in [-0.3, -0.25) is 0 Å². The van der Waals surface area contributed by atoms with Gasteiger partial charge in [0.05, 0.1) is 0 Å². The Kier molecular flexibility index (Phi) is 2.68. The first-order valence-electron chi connectivity index (χ1n) is 2.86. The normalized spacial score (nSPS) is 17.1. The minimum atomic E-state index is -1.43. The molecule has 0 aliphatic carbocycles. The Labute approximate surface area is 57.9 Å². The van der Waals surface area contributed by atoms with Crippen molar-refractivity contribution >= 4 is 0 Å². The summed E-state index contributed by atoms with van der Waals surface area (Å²) in [6.45, 7) is 3.72. The topological polar surface area (TPSA) is 38.4 Å². The molecule has 3 nitrogen and oxygen atoms in total. The Balaban J connectivity index is 4.40. The van der Waals surface area contributed by atoms with Crippen LogP contribution >= 0.6 is 0 Å². The van der Waals surface area contributed by atoms with Crippen LogP contribution in [0, 0.1) is 5.21 Å². The SMILES string of the molecule is CC(F)C(C)(C)[N+]([O-])=NF. The minimum Gasteiger partial charge on any atom is -0.597 e. The van der Waals surface area contributed by atoms with Crippen molar-refractivity contribution < 1.29 is 13.7 Å². The van der Waals surface area contributed by atoms with Crippen molar-refractivity contribution in [2.75, 3.05) is 0 Å². The molecule has 0 aromatic heterocycles. The number of halogens is 2. The highest BCUT2D eigenvalue weighted by atomic mass is 19.2. The highest BCUT2D eigenvalue weighted by molar-refractivity contribution is 4.72. The van der Waals surface area contributed by atoms with E-state index in [-0.39, 0.29) is 4.86 Å². The van der Waals surface area contributed by atoms with Gasteiger partial charge in [0.25, 0.3) is 0 Å². The maximum Gasteiger partial charge on any atom is 0.226 e. The molecule has 0 N–H and O–H groups in total. The Hall–Kier alpha value is -0.740. The van der Waals surface area contributed by atoms with Crippen LogP contribution in [-0.2, 0) is 0 Å². The van der Waals surface area contributed by atoms with Crippen LogP contribution < -0.4 is 0 Å². The summed E-state index contributed by atoms with van der Waals surface area (Å²) in [6.07, 6.45) is -1.43. The molecule has 0 saturated carbocycles. The molecule has 1 atom stereocenters. The van der Waals surface area contributed by atoms with Crippen molar-refractivity contribution in [1.82, 2.24) is 0 Å². The molecule has 0 heterocycles. The predicted octanol–water partition coefficient (Wildman–Crippen LogP) is 1.97. The first kappa shape index (κ1) is 9.26. The lowest BCUT2D eigenvalue weighted by Crippen LogP contribution is -2.39. The highest BCUT2D eigenvalue weighted by Gasteiger charge is 2.36. The summed E-state index contributed by atoms with van der Waals surface area (Å²) in [6, 6.07) is 0. The first-order chi connectivity index (χ1) is 4.42. The molecule has 60 valence electrons. The molecule has 5 heteroatoms. The molecular weight excluding hydrogens is 142 g/mol. The summed E-state index contributed by atoms with van der Waals surface area (Å²) in [5.74, 6) is 0. The van der Waals surface area contributed by atoms with E-state index in [4.69, 9.17) is 0 Å². The van der Waals surface area contributed by atoms with Gasteiger partial charge in [-0.05, 0) is 11.4 Å². The Bertz CT molecular complexity index is 145. The molecule has 0 rings (SSSR count). The number of rotatable bonds is 2. The molecular formula is C5H10F2N2O. The van der Waals surface area contributed by atoms with Crippen molar-refractivity contribution in [3.8, 4) is 0 Å². The van der Waals surface area contributed by atoms with Gasteiger partial charge in [0.1, 0.15) is 0 Å². The quantitative estimate of drug-likeness (QED) is 0.338. The van der Waals surface area contributed by atoms with Crippen LogP contribution in [-0.4, -0.2) is 16.6 Å². The van der Waals surface area contributed by atoms with E-state index in [0.29, 0.717) is 0 Å². The van der Waals surface area contributed by atoms with Gasteiger partial charge in [-0.15, -0.1) is 0 Å². The van der Waals surface area contributed by atoms with Gasteiger partial charge in [0, 0.05) is 13.8 Å². The minimum absolute atomic E-state index is 0.280. The molecule has 0 bridgehead atoms. The van der Waals surface area contributed by atoms with E-state index in [9.17, 15) is 14.1 Å². The summed E-state index contributed by atoms with van der Waals surface area (Å²) in [4.78, 5) is -0.280. The van der Waals surface area contributed by atoms with Gasteiger partial charge in [-0.1, -0.05) is 4.86 Å². The second-order valence-electron chi connectivity index (χ2n) is 2.62. The Morgan fingerprint density at radius 2 is 2.00 bits per heavy atom. The summed E-state index contributed by atoms with van der Waals surface area (Å²) >= 11 is 0. The lowest BCUT2D eigenvalue weighted by atomic mass is 10.0. The summed E-state index contributed by atoms with van der Waals surface area (Å²) in [5, 5.41) is 12.2. The van der Waals surface area contributed by atoms with Crippen LogP contribution in [0.3, 0.4) is 0 Å². The maximum absolute atomic E-state index is 12.4. The summed E-state index contributed by atoms with van der Waals surface area (Å²) in [7, 11) is 0. The van der Waals surface area contributed by atoms with Gasteiger partial charge >= 0.3 is 0 Å². The Morgan fingerprint density at radius 3 is 2.10 bits per heavy atom. The van der Waals surface area contributed by atoms with Crippen LogP contribution in [0.4, 0.5) is 8.87 Å². The summed E-state index contributed by atoms with van der Waals surface area (Å²) < 4.78 is 23.8. The number of nitrogens with zero attached hydrogens (tertiary/aromatic N) is 2. The Morgan fingerprint density at radius 1 is 1.60 bits per heavy atom. The number of hydrogen-bond acceptors (Lipinski definition) is 2. The van der Waals surface area contributed by atoms with Gasteiger partial charge in [-0.2, -0.15) is 0 Å². The zero-order valence-electron chi connectivity index (χ0n) is 6.14. The molecule has 1 unspecified atom stereocenters. The zero-order chi connectivity index (χ0) is 8.36. The van der Waals surface area contributed by atoms with E-state index in [1.165, 1.54) is 20.8 Å². The average molecular weight is 152 g/mol. The lowest BCUT2D eigenvalue weighted by molar-refractivity contribution is -0.624. The predicted molar refractivity (Wildman–Crippen MR) is 31.8 cm³/mol. The second-order valence-corrected chi connectivity index (χ2v) is 2.62. The van der Waals surface area contributed by atoms with E-state index in [2.05, 4.69) is 0 Å². The first-order valence-corrected chi connectivity index (χ1v) is 2.86. The van der Waals surface area contributed by atoms with Crippen LogP contribution in [0.1, 0.15) is 20.8 Å². The number of alkyl halides is 1. The molecule has 0 radical (unpaired) electrons. The van der Waals surface area contributed by atoms with Crippen LogP contribution in [0.15, 0.2) is 5.34 Å². The standard InChI is InChI=1S/C5H10F2N2O/c1-4(6)5(2,3)9(10)8-7/h4H,1-3H3. The average Bonchev–Trinajstić information content (AvgIpc) is 1.86. The van der Waals surface area contributed by atoms with E-state index in [1.54, 1.807) is 0 Å². The third kappa shape index (κ3) is 1.62. The smallest absolute Gasteiger partial charge is 0.226 e. The zero-order valence-corrected chi connectivity index (χ0v) is 6.14. The van der Waals surface area contributed by atoms with Gasteiger partial charge in [-0.25, -0.2) is 4.39 Å². The van der Waals surface area contributed by atoms with Crippen molar-refractivity contribution in [3.63, 3.8) is 0 Å². The van der Waals surface area contributed by atoms with Crippen LogP contribution in [0.25, 0.3) is 0 Å². The third-order valence-corrected chi connectivity index (χ3v) is 1.54. The number of hydrogen-bond donors (Lipinski definition) is 0. The molecule has 10 heavy (non-hydrogen) atoms. The molecule has 0 aromatic carbocycles. The monoisotopic (exact) mass is 152 g/mol. The molecule has 0 aliphatic rings. The molecule has 0 aliphatic heterocycles. The second kappa shape index (κ2) is 2.90. The summed E-state index contributed by atoms with van der Waals surface area (Å²) in [5.41, 5.74) is -1.42. The van der Waals surface area contributed by atoms with E-state index < -0.39 is 11.7 Å². The van der Waals surface area contributed by atoms with Crippen LogP contribution in [0.5, 0.6) is 0 Å². The molecule has 0 fully saturated rings. The van der Waals surface area contributed by atoms with Gasteiger partial charge in [0.15, 0.2) is 11.5 Å². The molecule has 0 saturated heterocycles. The van der Waals surface area contributed by atoms with Gasteiger partial charge < -0.3 is 5.21 Å². The molecule has 0 amide bonds. The third-order valence-electron chi connectivity index (χ3n) is 1.54. The van der Waals surface area contributed by atoms with Crippen molar-refractivity contribution in [3.05, 3.63) is 5.21 Å². The number of hydroxylamine groups is 1. The fraction of sp³-hybridized carbons (Fsp3) is 1.00. The van der Waals surface area contributed by atoms with Crippen molar-refractivity contribution in [2.45, 2.75) is 32.5 Å². The maximum atomic E-state index is 12.4. The fourth-order valence-electron chi connectivity index (χ4n) is 0.250. The van der Waals surface area contributed by atoms with E-state index in [0.717, 1.165) is 0 Å². The molecule has 0 spiro atoms. The van der Waals surface area contributed by atoms with Gasteiger partial charge in [0.2, 0.25) is 5.54 Å². The lowest BCUT2D eigenvalue weighted by Gasteiger charge is -2.20. The highest BCUT2D eigenvalue weighted by Crippen LogP contribution is 2.16. The van der Waals surface area contributed by atoms with E-state index in [1.807, 2.05) is 5.34 Å².